The predicted octanol–water partition coefficient (Wildman–Crippen LogP) is 5.18. The Balaban J connectivity index is 2.31. The average molecular weight is 312 g/mol. The van der Waals surface area contributed by atoms with Crippen molar-refractivity contribution in [2.45, 2.75) is 76.0 Å². The summed E-state index contributed by atoms with van der Waals surface area (Å²) in [5.74, 6) is 0.427. The van der Waals surface area contributed by atoms with E-state index in [1.165, 1.54) is 57.1 Å². The minimum absolute atomic E-state index is 0.0330. The molecule has 0 radical (unpaired) electrons. The van der Waals surface area contributed by atoms with E-state index in [4.69, 9.17) is 4.55 Å². The monoisotopic (exact) mass is 312 g/mol. The Morgan fingerprint density at radius 3 is 2.00 bits per heavy atom. The molecule has 0 saturated carbocycles. The summed E-state index contributed by atoms with van der Waals surface area (Å²) in [6.07, 6.45) is 10.2. The van der Waals surface area contributed by atoms with Crippen LogP contribution in [0.1, 0.15) is 76.7 Å². The van der Waals surface area contributed by atoms with Gasteiger partial charge in [0.2, 0.25) is 0 Å². The molecule has 0 amide bonds. The van der Waals surface area contributed by atoms with Gasteiger partial charge in [0.25, 0.3) is 10.1 Å². The molecule has 0 heterocycles. The SMILES string of the molecule is CCCCCCCCC[C@@H](C)c1ccc(S(=O)(=O)O)cc1. The van der Waals surface area contributed by atoms with Crippen LogP contribution in [0.2, 0.25) is 0 Å². The summed E-state index contributed by atoms with van der Waals surface area (Å²) in [5, 5.41) is 0. The van der Waals surface area contributed by atoms with Gasteiger partial charge in [0, 0.05) is 0 Å². The fourth-order valence-corrected chi connectivity index (χ4v) is 3.02. The highest BCUT2D eigenvalue weighted by Gasteiger charge is 2.10. The molecule has 0 aromatic heterocycles. The largest absolute Gasteiger partial charge is 0.294 e. The summed E-state index contributed by atoms with van der Waals surface area (Å²) in [6, 6.07) is 6.56. The van der Waals surface area contributed by atoms with Gasteiger partial charge in [-0.2, -0.15) is 8.42 Å². The Morgan fingerprint density at radius 1 is 0.952 bits per heavy atom. The highest BCUT2D eigenvalue weighted by molar-refractivity contribution is 7.85. The Kier molecular flexibility index (Phi) is 7.97. The van der Waals surface area contributed by atoms with Gasteiger partial charge in [-0.1, -0.05) is 70.9 Å². The second-order valence-electron chi connectivity index (χ2n) is 5.86. The van der Waals surface area contributed by atoms with Crippen molar-refractivity contribution in [2.24, 2.45) is 0 Å². The first-order chi connectivity index (χ1) is 9.95. The van der Waals surface area contributed by atoms with Crippen LogP contribution in [0.15, 0.2) is 29.2 Å². The van der Waals surface area contributed by atoms with E-state index in [0.29, 0.717) is 5.92 Å². The zero-order valence-electron chi connectivity index (χ0n) is 13.2. The molecule has 0 spiro atoms. The van der Waals surface area contributed by atoms with Crippen molar-refractivity contribution in [1.82, 2.24) is 0 Å². The molecular formula is C17H28O3S. The summed E-state index contributed by atoms with van der Waals surface area (Å²) >= 11 is 0. The third-order valence-corrected chi connectivity index (χ3v) is 4.86. The van der Waals surface area contributed by atoms with Gasteiger partial charge in [-0.15, -0.1) is 0 Å². The first-order valence-corrected chi connectivity index (χ1v) is 9.46. The van der Waals surface area contributed by atoms with E-state index in [9.17, 15) is 8.42 Å². The number of hydrogen-bond acceptors (Lipinski definition) is 2. The summed E-state index contributed by atoms with van der Waals surface area (Å²) in [4.78, 5) is -0.0330. The second-order valence-corrected chi connectivity index (χ2v) is 7.28. The number of hydrogen-bond donors (Lipinski definition) is 1. The zero-order chi connectivity index (χ0) is 15.7. The van der Waals surface area contributed by atoms with Gasteiger partial charge in [0.1, 0.15) is 0 Å². The molecule has 21 heavy (non-hydrogen) atoms. The topological polar surface area (TPSA) is 54.4 Å². The highest BCUT2D eigenvalue weighted by atomic mass is 32.2. The van der Waals surface area contributed by atoms with Crippen LogP contribution in [-0.2, 0) is 10.1 Å². The predicted molar refractivity (Wildman–Crippen MR) is 87.3 cm³/mol. The fourth-order valence-electron chi connectivity index (χ4n) is 2.54. The van der Waals surface area contributed by atoms with E-state index >= 15 is 0 Å². The summed E-state index contributed by atoms with van der Waals surface area (Å²) in [7, 11) is -4.08. The summed E-state index contributed by atoms with van der Waals surface area (Å²) in [6.45, 7) is 4.40. The molecule has 1 aromatic carbocycles. The first kappa shape index (κ1) is 18.2. The van der Waals surface area contributed by atoms with Crippen LogP contribution in [0.4, 0.5) is 0 Å². The minimum Gasteiger partial charge on any atom is -0.282 e. The van der Waals surface area contributed by atoms with E-state index in [-0.39, 0.29) is 4.90 Å². The number of rotatable bonds is 10. The Labute approximate surface area is 129 Å². The number of unbranched alkanes of at least 4 members (excludes halogenated alkanes) is 6. The molecule has 120 valence electrons. The molecule has 0 aliphatic carbocycles. The molecule has 1 aromatic rings. The van der Waals surface area contributed by atoms with Crippen molar-refractivity contribution in [3.63, 3.8) is 0 Å². The Morgan fingerprint density at radius 2 is 1.48 bits per heavy atom. The van der Waals surface area contributed by atoms with Gasteiger partial charge in [-0.25, -0.2) is 0 Å². The molecule has 1 N–H and O–H groups in total. The van der Waals surface area contributed by atoms with Gasteiger partial charge < -0.3 is 0 Å². The van der Waals surface area contributed by atoms with Gasteiger partial charge in [0.15, 0.2) is 0 Å². The van der Waals surface area contributed by atoms with Crippen molar-refractivity contribution >= 4 is 10.1 Å². The summed E-state index contributed by atoms with van der Waals surface area (Å²) in [5.41, 5.74) is 1.13. The van der Waals surface area contributed by atoms with E-state index in [1.54, 1.807) is 12.1 Å². The minimum atomic E-state index is -4.08. The van der Waals surface area contributed by atoms with Crippen LogP contribution in [-0.4, -0.2) is 13.0 Å². The maximum atomic E-state index is 11.0. The van der Waals surface area contributed by atoms with Crippen molar-refractivity contribution in [3.05, 3.63) is 29.8 Å². The Bertz CT molecular complexity index is 491. The van der Waals surface area contributed by atoms with Gasteiger partial charge in [-0.3, -0.25) is 4.55 Å². The molecular weight excluding hydrogens is 284 g/mol. The first-order valence-electron chi connectivity index (χ1n) is 8.02. The highest BCUT2D eigenvalue weighted by Crippen LogP contribution is 2.23. The zero-order valence-corrected chi connectivity index (χ0v) is 14.0. The fraction of sp³-hybridized carbons (Fsp3) is 0.647. The van der Waals surface area contributed by atoms with Crippen LogP contribution in [0.25, 0.3) is 0 Å². The third kappa shape index (κ3) is 7.09. The quantitative estimate of drug-likeness (QED) is 0.478. The maximum Gasteiger partial charge on any atom is 0.294 e. The molecule has 0 bridgehead atoms. The molecule has 4 heteroatoms. The molecule has 1 rings (SSSR count). The van der Waals surface area contributed by atoms with Crippen LogP contribution < -0.4 is 0 Å². The van der Waals surface area contributed by atoms with E-state index < -0.39 is 10.1 Å². The van der Waals surface area contributed by atoms with E-state index in [0.717, 1.165) is 12.0 Å². The van der Waals surface area contributed by atoms with Crippen LogP contribution in [0.5, 0.6) is 0 Å². The molecule has 0 unspecified atom stereocenters. The summed E-state index contributed by atoms with van der Waals surface area (Å²) < 4.78 is 30.9. The lowest BCUT2D eigenvalue weighted by Gasteiger charge is -2.12. The molecule has 1 atom stereocenters. The molecule has 0 saturated heterocycles. The second kappa shape index (κ2) is 9.21. The maximum absolute atomic E-state index is 11.0. The van der Waals surface area contributed by atoms with Crippen LogP contribution in [0.3, 0.4) is 0 Å². The van der Waals surface area contributed by atoms with Gasteiger partial charge >= 0.3 is 0 Å². The van der Waals surface area contributed by atoms with E-state index in [2.05, 4.69) is 13.8 Å². The molecule has 0 aliphatic heterocycles. The van der Waals surface area contributed by atoms with E-state index in [1.807, 2.05) is 0 Å². The van der Waals surface area contributed by atoms with Crippen LogP contribution in [0, 0.1) is 0 Å². The standard InChI is InChI=1S/C17H28O3S/c1-3-4-5-6-7-8-9-10-15(2)16-11-13-17(14-12-16)21(18,19)20/h11-15H,3-10H2,1-2H3,(H,18,19,20)/t15-/m1/s1. The van der Waals surface area contributed by atoms with Crippen LogP contribution >= 0.6 is 0 Å². The lowest BCUT2D eigenvalue weighted by molar-refractivity contribution is 0.483. The van der Waals surface area contributed by atoms with Crippen molar-refractivity contribution in [1.29, 1.82) is 0 Å². The molecule has 0 aliphatic rings. The van der Waals surface area contributed by atoms with Crippen molar-refractivity contribution in [3.8, 4) is 0 Å². The van der Waals surface area contributed by atoms with Crippen molar-refractivity contribution < 1.29 is 13.0 Å². The third-order valence-electron chi connectivity index (χ3n) is 3.99. The lowest BCUT2D eigenvalue weighted by atomic mass is 9.95. The normalized spacial score (nSPS) is 13.3. The van der Waals surface area contributed by atoms with Gasteiger partial charge in [0.05, 0.1) is 4.90 Å². The average Bonchev–Trinajstić information content (AvgIpc) is 2.45. The Hall–Kier alpha value is -0.870. The lowest BCUT2D eigenvalue weighted by Crippen LogP contribution is -1.99. The smallest absolute Gasteiger partial charge is 0.282 e. The molecule has 3 nitrogen and oxygen atoms in total. The van der Waals surface area contributed by atoms with Crippen molar-refractivity contribution in [2.75, 3.05) is 0 Å². The van der Waals surface area contributed by atoms with Gasteiger partial charge in [-0.05, 0) is 30.0 Å². The molecule has 0 fully saturated rings. The number of benzene rings is 1.